The number of rotatable bonds is 4. The van der Waals surface area contributed by atoms with Gasteiger partial charge in [-0.25, -0.2) is 0 Å². The van der Waals surface area contributed by atoms with Crippen molar-refractivity contribution in [3.05, 3.63) is 34.3 Å². The van der Waals surface area contributed by atoms with E-state index in [4.69, 9.17) is 0 Å². The third kappa shape index (κ3) is 5.78. The molecule has 19 heavy (non-hydrogen) atoms. The summed E-state index contributed by atoms with van der Waals surface area (Å²) in [7, 11) is 1.23. The van der Waals surface area contributed by atoms with E-state index in [0.29, 0.717) is 4.47 Å². The fourth-order valence-corrected chi connectivity index (χ4v) is 1.56. The Morgan fingerprint density at radius 1 is 1.42 bits per heavy atom. The number of methoxy groups -OCH3 is 1. The maximum absolute atomic E-state index is 12.2. The molecule has 1 rings (SSSR count). The van der Waals surface area contributed by atoms with Crippen LogP contribution < -0.4 is 4.74 Å². The molecular weight excluding hydrogens is 329 g/mol. The van der Waals surface area contributed by atoms with Crippen LogP contribution >= 0.6 is 15.9 Å². The van der Waals surface area contributed by atoms with Gasteiger partial charge in [0.15, 0.2) is 0 Å². The van der Waals surface area contributed by atoms with Crippen molar-refractivity contribution in [3.8, 4) is 5.75 Å². The second-order valence-electron chi connectivity index (χ2n) is 3.41. The van der Waals surface area contributed by atoms with Crippen molar-refractivity contribution in [2.75, 3.05) is 7.11 Å². The molecule has 0 spiro atoms. The van der Waals surface area contributed by atoms with E-state index in [-0.39, 0.29) is 17.7 Å². The van der Waals surface area contributed by atoms with Crippen LogP contribution in [0.3, 0.4) is 0 Å². The topological polar surface area (TPSA) is 35.5 Å². The van der Waals surface area contributed by atoms with Gasteiger partial charge >= 0.3 is 12.3 Å². The van der Waals surface area contributed by atoms with E-state index in [9.17, 15) is 18.0 Å². The Labute approximate surface area is 116 Å². The number of hydrogen-bond acceptors (Lipinski definition) is 3. The highest BCUT2D eigenvalue weighted by atomic mass is 79.9. The fraction of sp³-hybridized carbons (Fsp3) is 0.250. The normalized spacial score (nSPS) is 11.6. The molecule has 0 aliphatic carbocycles. The van der Waals surface area contributed by atoms with Gasteiger partial charge in [-0.05, 0) is 12.1 Å². The largest absolute Gasteiger partial charge is 0.573 e. The molecule has 0 saturated carbocycles. The summed E-state index contributed by atoms with van der Waals surface area (Å²) in [5.41, 5.74) is 0.212. The highest BCUT2D eigenvalue weighted by Gasteiger charge is 2.31. The molecule has 0 atom stereocenters. The quantitative estimate of drug-likeness (QED) is 0.780. The number of ether oxygens (including phenoxy) is 2. The zero-order valence-electron chi connectivity index (χ0n) is 9.83. The number of hydrogen-bond donors (Lipinski definition) is 0. The molecule has 0 fully saturated rings. The zero-order chi connectivity index (χ0) is 14.5. The molecule has 0 radical (unpaired) electrons. The van der Waals surface area contributed by atoms with E-state index in [0.717, 1.165) is 0 Å². The molecule has 104 valence electrons. The Kier molecular flexibility index (Phi) is 5.41. The van der Waals surface area contributed by atoms with Gasteiger partial charge in [0.2, 0.25) is 0 Å². The Morgan fingerprint density at radius 2 is 2.11 bits per heavy atom. The number of esters is 1. The predicted octanol–water partition coefficient (Wildman–Crippen LogP) is 3.92. The maximum atomic E-state index is 12.2. The van der Waals surface area contributed by atoms with Gasteiger partial charge in [-0.1, -0.05) is 34.1 Å². The lowest BCUT2D eigenvalue weighted by atomic mass is 10.2. The van der Waals surface area contributed by atoms with Crippen LogP contribution in [0.15, 0.2) is 28.7 Å². The molecule has 0 amide bonds. The molecule has 0 N–H and O–H groups in total. The molecule has 7 heteroatoms. The Morgan fingerprint density at radius 3 is 2.68 bits per heavy atom. The standard InChI is InChI=1S/C12H10BrF3O3/c1-18-11(17)4-2-3-8-5-6-9(13)7-10(8)19-12(14,15)16/h2-3,5-7H,4H2,1H3. The van der Waals surface area contributed by atoms with Crippen molar-refractivity contribution < 1.29 is 27.4 Å². The minimum atomic E-state index is -4.77. The second kappa shape index (κ2) is 6.60. The summed E-state index contributed by atoms with van der Waals surface area (Å²) in [5, 5.41) is 0. The molecule has 0 unspecified atom stereocenters. The number of carbonyl (C=O) groups is 1. The van der Waals surface area contributed by atoms with Crippen LogP contribution in [0.1, 0.15) is 12.0 Å². The molecule has 0 aliphatic heterocycles. The van der Waals surface area contributed by atoms with Crippen molar-refractivity contribution in [2.24, 2.45) is 0 Å². The average Bonchev–Trinajstić information content (AvgIpc) is 2.29. The molecule has 0 aliphatic rings. The van der Waals surface area contributed by atoms with E-state index < -0.39 is 12.3 Å². The minimum absolute atomic E-state index is 0.0297. The van der Waals surface area contributed by atoms with Gasteiger partial charge in [0.25, 0.3) is 0 Å². The summed E-state index contributed by atoms with van der Waals surface area (Å²) >= 11 is 3.06. The van der Waals surface area contributed by atoms with E-state index in [1.165, 1.54) is 31.4 Å². The minimum Gasteiger partial charge on any atom is -0.469 e. The smallest absolute Gasteiger partial charge is 0.469 e. The van der Waals surface area contributed by atoms with Gasteiger partial charge in [0.05, 0.1) is 13.5 Å². The molecule has 0 heterocycles. The van der Waals surface area contributed by atoms with Crippen LogP contribution in [-0.2, 0) is 9.53 Å². The second-order valence-corrected chi connectivity index (χ2v) is 4.33. The van der Waals surface area contributed by atoms with E-state index in [2.05, 4.69) is 25.4 Å². The number of benzene rings is 1. The molecule has 3 nitrogen and oxygen atoms in total. The van der Waals surface area contributed by atoms with Gasteiger partial charge in [-0.3, -0.25) is 4.79 Å². The van der Waals surface area contributed by atoms with Gasteiger partial charge in [-0.2, -0.15) is 0 Å². The van der Waals surface area contributed by atoms with Gasteiger partial charge in [-0.15, -0.1) is 13.2 Å². The zero-order valence-corrected chi connectivity index (χ0v) is 11.4. The number of carbonyl (C=O) groups excluding carboxylic acids is 1. The Hall–Kier alpha value is -1.50. The summed E-state index contributed by atoms with van der Waals surface area (Å²) in [6, 6.07) is 4.21. The lowest BCUT2D eigenvalue weighted by molar-refractivity contribution is -0.274. The summed E-state index contributed by atoms with van der Waals surface area (Å²) in [4.78, 5) is 10.9. The number of alkyl halides is 3. The first-order valence-electron chi connectivity index (χ1n) is 5.10. The van der Waals surface area contributed by atoms with E-state index >= 15 is 0 Å². The van der Waals surface area contributed by atoms with E-state index in [1.807, 2.05) is 0 Å². The highest BCUT2D eigenvalue weighted by Crippen LogP contribution is 2.30. The summed E-state index contributed by atoms with van der Waals surface area (Å²) in [6.45, 7) is 0. The third-order valence-corrected chi connectivity index (χ3v) is 2.50. The molecule has 0 bridgehead atoms. The van der Waals surface area contributed by atoms with Crippen molar-refractivity contribution in [1.29, 1.82) is 0 Å². The lowest BCUT2D eigenvalue weighted by Gasteiger charge is -2.11. The predicted molar refractivity (Wildman–Crippen MR) is 66.5 cm³/mol. The third-order valence-electron chi connectivity index (χ3n) is 2.01. The summed E-state index contributed by atoms with van der Waals surface area (Å²) in [6.07, 6.45) is -2.04. The first kappa shape index (κ1) is 15.6. The molecule has 0 aromatic heterocycles. The van der Waals surface area contributed by atoms with Gasteiger partial charge in [0, 0.05) is 10.0 Å². The molecule has 1 aromatic carbocycles. The van der Waals surface area contributed by atoms with E-state index in [1.54, 1.807) is 6.07 Å². The van der Waals surface area contributed by atoms with Crippen LogP contribution in [-0.4, -0.2) is 19.4 Å². The van der Waals surface area contributed by atoms with Gasteiger partial charge in [0.1, 0.15) is 5.75 Å². The molecule has 1 aromatic rings. The Balaban J connectivity index is 2.90. The molecular formula is C12H10BrF3O3. The fourth-order valence-electron chi connectivity index (χ4n) is 1.22. The SMILES string of the molecule is COC(=O)CC=Cc1ccc(Br)cc1OC(F)(F)F. The van der Waals surface area contributed by atoms with Crippen molar-refractivity contribution >= 4 is 28.0 Å². The highest BCUT2D eigenvalue weighted by molar-refractivity contribution is 9.10. The first-order chi connectivity index (χ1) is 8.81. The van der Waals surface area contributed by atoms with Crippen LogP contribution in [0.2, 0.25) is 0 Å². The summed E-state index contributed by atoms with van der Waals surface area (Å²) in [5.74, 6) is -0.824. The van der Waals surface area contributed by atoms with Crippen molar-refractivity contribution in [3.63, 3.8) is 0 Å². The van der Waals surface area contributed by atoms with Crippen LogP contribution in [0.4, 0.5) is 13.2 Å². The van der Waals surface area contributed by atoms with Crippen molar-refractivity contribution in [2.45, 2.75) is 12.8 Å². The lowest BCUT2D eigenvalue weighted by Crippen LogP contribution is -2.17. The Bertz CT molecular complexity index is 484. The van der Waals surface area contributed by atoms with Crippen LogP contribution in [0.25, 0.3) is 6.08 Å². The van der Waals surface area contributed by atoms with Crippen LogP contribution in [0.5, 0.6) is 5.75 Å². The monoisotopic (exact) mass is 338 g/mol. The van der Waals surface area contributed by atoms with Crippen molar-refractivity contribution in [1.82, 2.24) is 0 Å². The first-order valence-corrected chi connectivity index (χ1v) is 5.90. The van der Waals surface area contributed by atoms with Crippen LogP contribution in [0, 0.1) is 0 Å². The number of halogens is 4. The summed E-state index contributed by atoms with van der Waals surface area (Å²) < 4.78 is 45.4. The molecule has 0 saturated heterocycles. The van der Waals surface area contributed by atoms with Gasteiger partial charge < -0.3 is 9.47 Å². The average molecular weight is 339 g/mol. The maximum Gasteiger partial charge on any atom is 0.573 e.